The number of H-pyrrole nitrogens is 1. The van der Waals surface area contributed by atoms with Crippen molar-refractivity contribution < 1.29 is 4.74 Å². The molecule has 4 rings (SSSR count). The van der Waals surface area contributed by atoms with Gasteiger partial charge in [-0.2, -0.15) is 0 Å². The molecule has 0 saturated heterocycles. The Kier molecular flexibility index (Phi) is 4.57. The number of hydrogen-bond acceptors (Lipinski definition) is 5. The average Bonchev–Trinajstić information content (AvgIpc) is 3.27. The van der Waals surface area contributed by atoms with Gasteiger partial charge >= 0.3 is 0 Å². The van der Waals surface area contributed by atoms with Crippen LogP contribution in [0.15, 0.2) is 47.9 Å². The van der Waals surface area contributed by atoms with Crippen LogP contribution in [0.3, 0.4) is 0 Å². The molecule has 0 atom stereocenters. The summed E-state index contributed by atoms with van der Waals surface area (Å²) in [5.41, 5.74) is 3.89. The van der Waals surface area contributed by atoms with E-state index in [0.29, 0.717) is 27.5 Å². The number of thioether (sulfide) groups is 1. The van der Waals surface area contributed by atoms with E-state index in [1.165, 1.54) is 11.8 Å². The standard InChI is InChI=1S/C18H16ClN5OS/c1-11-4-3-7-24-9-13(20-17(11)24)10-26-18-21-16(22-23-18)14-8-12(19)5-6-15(14)25-2/h3-9H,10H2,1-2H3,(H,21,22,23). The molecule has 0 radical (unpaired) electrons. The van der Waals surface area contributed by atoms with Crippen LogP contribution in [0.1, 0.15) is 11.3 Å². The minimum Gasteiger partial charge on any atom is -0.496 e. The first-order valence-electron chi connectivity index (χ1n) is 7.96. The van der Waals surface area contributed by atoms with Gasteiger partial charge in [-0.05, 0) is 36.8 Å². The number of aromatic amines is 1. The number of methoxy groups -OCH3 is 1. The molecule has 1 N–H and O–H groups in total. The van der Waals surface area contributed by atoms with Crippen molar-refractivity contribution in [2.75, 3.05) is 7.11 Å². The highest BCUT2D eigenvalue weighted by Gasteiger charge is 2.13. The summed E-state index contributed by atoms with van der Waals surface area (Å²) in [5, 5.41) is 8.49. The van der Waals surface area contributed by atoms with Crippen molar-refractivity contribution in [3.05, 3.63) is 59.0 Å². The van der Waals surface area contributed by atoms with Crippen LogP contribution in [-0.2, 0) is 5.75 Å². The minimum atomic E-state index is 0.617. The predicted molar refractivity (Wildman–Crippen MR) is 103 cm³/mol. The van der Waals surface area contributed by atoms with Crippen molar-refractivity contribution in [3.8, 4) is 17.1 Å². The molecule has 0 unspecified atom stereocenters. The Hall–Kier alpha value is -2.51. The molecular formula is C18H16ClN5OS. The van der Waals surface area contributed by atoms with Gasteiger partial charge in [0.05, 0.1) is 18.4 Å². The number of imidazole rings is 1. The molecule has 26 heavy (non-hydrogen) atoms. The Morgan fingerprint density at radius 1 is 1.27 bits per heavy atom. The first-order chi connectivity index (χ1) is 12.6. The summed E-state index contributed by atoms with van der Waals surface area (Å²) < 4.78 is 7.41. The lowest BCUT2D eigenvalue weighted by atomic mass is 10.2. The molecule has 132 valence electrons. The van der Waals surface area contributed by atoms with Crippen LogP contribution in [0, 0.1) is 6.92 Å². The predicted octanol–water partition coefficient (Wildman–Crippen LogP) is 4.38. The highest BCUT2D eigenvalue weighted by Crippen LogP contribution is 2.31. The van der Waals surface area contributed by atoms with Gasteiger partial charge in [0, 0.05) is 23.2 Å². The van der Waals surface area contributed by atoms with Crippen LogP contribution < -0.4 is 4.74 Å². The summed E-state index contributed by atoms with van der Waals surface area (Å²) in [6.45, 7) is 2.05. The van der Waals surface area contributed by atoms with Crippen LogP contribution >= 0.6 is 23.4 Å². The summed E-state index contributed by atoms with van der Waals surface area (Å²) in [6.07, 6.45) is 4.03. The molecule has 1 aromatic carbocycles. The number of nitrogens with one attached hydrogen (secondary N) is 1. The highest BCUT2D eigenvalue weighted by atomic mass is 35.5. The lowest BCUT2D eigenvalue weighted by Crippen LogP contribution is -1.89. The van der Waals surface area contributed by atoms with E-state index in [1.54, 1.807) is 19.2 Å². The van der Waals surface area contributed by atoms with Gasteiger partial charge in [0.2, 0.25) is 5.16 Å². The van der Waals surface area contributed by atoms with Crippen molar-refractivity contribution in [2.24, 2.45) is 0 Å². The summed E-state index contributed by atoms with van der Waals surface area (Å²) in [5.74, 6) is 2.00. The molecule has 0 aliphatic carbocycles. The fraction of sp³-hybridized carbons (Fsp3) is 0.167. The number of benzene rings is 1. The number of aryl methyl sites for hydroxylation is 1. The molecular weight excluding hydrogens is 370 g/mol. The van der Waals surface area contributed by atoms with Gasteiger partial charge in [0.15, 0.2) is 5.82 Å². The van der Waals surface area contributed by atoms with E-state index >= 15 is 0 Å². The Labute approximate surface area is 159 Å². The summed E-state index contributed by atoms with van der Waals surface area (Å²) in [6, 6.07) is 9.47. The Morgan fingerprint density at radius 2 is 2.15 bits per heavy atom. The second-order valence-corrected chi connectivity index (χ2v) is 7.13. The van der Waals surface area contributed by atoms with E-state index in [4.69, 9.17) is 16.3 Å². The molecule has 3 heterocycles. The van der Waals surface area contributed by atoms with Gasteiger partial charge in [0.1, 0.15) is 11.4 Å². The van der Waals surface area contributed by atoms with Gasteiger partial charge in [-0.3, -0.25) is 5.10 Å². The van der Waals surface area contributed by atoms with Crippen LogP contribution in [0.4, 0.5) is 0 Å². The highest BCUT2D eigenvalue weighted by molar-refractivity contribution is 7.98. The summed E-state index contributed by atoms with van der Waals surface area (Å²) >= 11 is 7.61. The normalized spacial score (nSPS) is 11.2. The topological polar surface area (TPSA) is 68.1 Å². The number of hydrogen-bond donors (Lipinski definition) is 1. The van der Waals surface area contributed by atoms with Crippen molar-refractivity contribution in [2.45, 2.75) is 17.8 Å². The third-order valence-corrected chi connectivity index (χ3v) is 5.07. The molecule has 0 saturated carbocycles. The lowest BCUT2D eigenvalue weighted by Gasteiger charge is -2.05. The summed E-state index contributed by atoms with van der Waals surface area (Å²) in [4.78, 5) is 9.21. The van der Waals surface area contributed by atoms with E-state index in [2.05, 4.69) is 33.2 Å². The SMILES string of the molecule is COc1ccc(Cl)cc1-c1nc(SCc2cn3cccc(C)c3n2)n[nH]1. The second-order valence-electron chi connectivity index (χ2n) is 5.75. The maximum Gasteiger partial charge on any atom is 0.209 e. The number of halogens is 1. The smallest absolute Gasteiger partial charge is 0.209 e. The monoisotopic (exact) mass is 385 g/mol. The molecule has 0 aliphatic heterocycles. The molecule has 0 bridgehead atoms. The third-order valence-electron chi connectivity index (χ3n) is 3.96. The van der Waals surface area contributed by atoms with E-state index < -0.39 is 0 Å². The van der Waals surface area contributed by atoms with Crippen molar-refractivity contribution >= 4 is 29.0 Å². The zero-order chi connectivity index (χ0) is 18.1. The average molecular weight is 386 g/mol. The maximum absolute atomic E-state index is 6.09. The third kappa shape index (κ3) is 3.27. The van der Waals surface area contributed by atoms with Gasteiger partial charge in [-0.1, -0.05) is 29.4 Å². The molecule has 3 aromatic heterocycles. The number of pyridine rings is 1. The Bertz CT molecular complexity index is 1070. The number of nitrogens with zero attached hydrogens (tertiary/aromatic N) is 4. The van der Waals surface area contributed by atoms with Crippen molar-refractivity contribution in [3.63, 3.8) is 0 Å². The molecule has 4 aromatic rings. The van der Waals surface area contributed by atoms with Gasteiger partial charge in [-0.15, -0.1) is 5.10 Å². The number of fused-ring (bicyclic) bond motifs is 1. The number of ether oxygens (including phenoxy) is 1. The fourth-order valence-corrected chi connectivity index (χ4v) is 3.56. The van der Waals surface area contributed by atoms with Crippen LogP contribution in [0.2, 0.25) is 5.02 Å². The van der Waals surface area contributed by atoms with E-state index in [1.807, 2.05) is 28.9 Å². The number of aromatic nitrogens is 5. The second kappa shape index (κ2) is 7.01. The van der Waals surface area contributed by atoms with E-state index in [9.17, 15) is 0 Å². The molecule has 0 spiro atoms. The first-order valence-corrected chi connectivity index (χ1v) is 9.32. The maximum atomic E-state index is 6.09. The molecule has 0 amide bonds. The van der Waals surface area contributed by atoms with E-state index in [0.717, 1.165) is 22.5 Å². The summed E-state index contributed by atoms with van der Waals surface area (Å²) in [7, 11) is 1.62. The molecule has 0 fully saturated rings. The van der Waals surface area contributed by atoms with Gasteiger partial charge < -0.3 is 9.14 Å². The lowest BCUT2D eigenvalue weighted by molar-refractivity contribution is 0.416. The van der Waals surface area contributed by atoms with Crippen LogP contribution in [0.25, 0.3) is 17.0 Å². The van der Waals surface area contributed by atoms with Crippen molar-refractivity contribution in [1.29, 1.82) is 0 Å². The van der Waals surface area contributed by atoms with Gasteiger partial charge in [0.25, 0.3) is 0 Å². The molecule has 8 heteroatoms. The zero-order valence-corrected chi connectivity index (χ0v) is 15.8. The van der Waals surface area contributed by atoms with Crippen LogP contribution in [0.5, 0.6) is 5.75 Å². The minimum absolute atomic E-state index is 0.617. The first kappa shape index (κ1) is 16.9. The van der Waals surface area contributed by atoms with Crippen molar-refractivity contribution in [1.82, 2.24) is 24.6 Å². The molecule has 6 nitrogen and oxygen atoms in total. The zero-order valence-electron chi connectivity index (χ0n) is 14.2. The Morgan fingerprint density at radius 3 is 2.96 bits per heavy atom. The molecule has 0 aliphatic rings. The van der Waals surface area contributed by atoms with Crippen LogP contribution in [-0.4, -0.2) is 31.7 Å². The van der Waals surface area contributed by atoms with E-state index in [-0.39, 0.29) is 0 Å². The van der Waals surface area contributed by atoms with Gasteiger partial charge in [-0.25, -0.2) is 9.97 Å². The largest absolute Gasteiger partial charge is 0.496 e. The number of rotatable bonds is 5. The Balaban J connectivity index is 1.53. The quantitative estimate of drug-likeness (QED) is 0.516. The fourth-order valence-electron chi connectivity index (χ4n) is 2.71.